The van der Waals surface area contributed by atoms with Crippen molar-refractivity contribution in [2.24, 2.45) is 4.99 Å². The molecule has 0 atom stereocenters. The number of anilines is 1. The Morgan fingerprint density at radius 1 is 1.18 bits per heavy atom. The van der Waals surface area contributed by atoms with E-state index in [1.165, 1.54) is 4.90 Å². The van der Waals surface area contributed by atoms with E-state index in [0.29, 0.717) is 35.7 Å². The molecule has 2 aromatic rings. The molecule has 1 amide bonds. The molecule has 0 radical (unpaired) electrons. The minimum absolute atomic E-state index is 0.101. The molecule has 1 aliphatic carbocycles. The molecule has 8 nitrogen and oxygen atoms in total. The second kappa shape index (κ2) is 9.67. The predicted molar refractivity (Wildman–Crippen MR) is 137 cm³/mol. The van der Waals surface area contributed by atoms with Crippen LogP contribution in [0.1, 0.15) is 72.4 Å². The smallest absolute Gasteiger partial charge is 0.473 e. The van der Waals surface area contributed by atoms with Crippen molar-refractivity contribution in [1.82, 2.24) is 9.88 Å². The van der Waals surface area contributed by atoms with Gasteiger partial charge in [-0.2, -0.15) is 23.4 Å². The monoisotopic (exact) mass is 539 g/mol. The molecule has 0 bridgehead atoms. The molecule has 3 aliphatic rings. The molecule has 11 heteroatoms. The second-order valence-corrected chi connectivity index (χ2v) is 11.1. The van der Waals surface area contributed by atoms with Gasteiger partial charge in [-0.05, 0) is 36.5 Å². The number of hydrogen-bond acceptors (Lipinski definition) is 6. The Bertz CT molecular complexity index is 1420. The van der Waals surface area contributed by atoms with E-state index in [1.807, 2.05) is 31.7 Å². The Balaban J connectivity index is 1.51. The first-order chi connectivity index (χ1) is 18.4. The van der Waals surface area contributed by atoms with E-state index in [2.05, 4.69) is 16.0 Å². The Kier molecular flexibility index (Phi) is 6.61. The van der Waals surface area contributed by atoms with Crippen LogP contribution in [0.4, 0.5) is 18.9 Å². The van der Waals surface area contributed by atoms with E-state index in [1.54, 1.807) is 18.2 Å². The normalized spacial score (nSPS) is 17.9. The number of nitrogens with zero attached hydrogens (tertiary/aromatic N) is 5. The molecule has 1 saturated carbocycles. The molecule has 0 saturated heterocycles. The van der Waals surface area contributed by atoms with Gasteiger partial charge in [-0.1, -0.05) is 26.8 Å². The summed E-state index contributed by atoms with van der Waals surface area (Å²) in [6, 6.07) is 9.16. The summed E-state index contributed by atoms with van der Waals surface area (Å²) in [5.74, 6) is -1.99. The van der Waals surface area contributed by atoms with Crippen molar-refractivity contribution in [1.29, 1.82) is 5.26 Å². The van der Waals surface area contributed by atoms with Crippen LogP contribution in [-0.2, 0) is 16.8 Å². The van der Waals surface area contributed by atoms with E-state index in [9.17, 15) is 28.0 Å². The van der Waals surface area contributed by atoms with Gasteiger partial charge in [0.1, 0.15) is 24.6 Å². The largest absolute Gasteiger partial charge is 0.489 e. The lowest BCUT2D eigenvalue weighted by molar-refractivity contribution is -0.169. The molecule has 204 valence electrons. The maximum atomic E-state index is 13.6. The molecule has 1 fully saturated rings. The third-order valence-corrected chi connectivity index (χ3v) is 7.06. The van der Waals surface area contributed by atoms with Crippen molar-refractivity contribution in [3.8, 4) is 11.8 Å². The summed E-state index contributed by atoms with van der Waals surface area (Å²) in [7, 11) is 0. The van der Waals surface area contributed by atoms with Crippen LogP contribution in [0.15, 0.2) is 29.3 Å². The Labute approximate surface area is 224 Å². The number of ketones is 1. The molecule has 3 heterocycles. The zero-order valence-electron chi connectivity index (χ0n) is 21.9. The predicted octanol–water partition coefficient (Wildman–Crippen LogP) is 4.51. The number of benzene rings is 1. The number of amidine groups is 1. The van der Waals surface area contributed by atoms with E-state index in [-0.39, 0.29) is 42.9 Å². The number of alkyl halides is 3. The molecule has 0 N–H and O–H groups in total. The maximum Gasteiger partial charge on any atom is 0.473 e. The zero-order chi connectivity index (χ0) is 28.1. The van der Waals surface area contributed by atoms with Crippen LogP contribution in [0.3, 0.4) is 0 Å². The molecule has 0 unspecified atom stereocenters. The van der Waals surface area contributed by atoms with Crippen molar-refractivity contribution in [2.75, 3.05) is 31.1 Å². The van der Waals surface area contributed by atoms with Gasteiger partial charge in [-0.15, -0.1) is 0 Å². The Morgan fingerprint density at radius 3 is 2.56 bits per heavy atom. The van der Waals surface area contributed by atoms with Gasteiger partial charge in [0.25, 0.3) is 0 Å². The first-order valence-corrected chi connectivity index (χ1v) is 12.8. The molecule has 0 spiro atoms. The number of aliphatic imine (C=N–C) groups is 1. The first kappa shape index (κ1) is 26.7. The van der Waals surface area contributed by atoms with Crippen molar-refractivity contribution >= 4 is 23.2 Å². The number of rotatable bonds is 5. The fraction of sp³-hybridized carbons (Fsp3) is 0.464. The van der Waals surface area contributed by atoms with Gasteiger partial charge in [0, 0.05) is 34.8 Å². The summed E-state index contributed by atoms with van der Waals surface area (Å²) in [6.07, 6.45) is -3.25. The minimum Gasteiger partial charge on any atom is -0.489 e. The molecular weight excluding hydrogens is 511 g/mol. The number of carbonyl (C=O) groups is 2. The van der Waals surface area contributed by atoms with Crippen LogP contribution in [0.2, 0.25) is 0 Å². The van der Waals surface area contributed by atoms with Crippen LogP contribution in [0.5, 0.6) is 5.75 Å². The number of amides is 1. The van der Waals surface area contributed by atoms with Crippen molar-refractivity contribution in [3.63, 3.8) is 0 Å². The number of fused-ring (bicyclic) bond motifs is 2. The van der Waals surface area contributed by atoms with Crippen LogP contribution < -0.4 is 9.64 Å². The number of hydrogen-bond donors (Lipinski definition) is 0. The third-order valence-electron chi connectivity index (χ3n) is 7.06. The van der Waals surface area contributed by atoms with Gasteiger partial charge in [-0.25, -0.2) is 4.98 Å². The lowest BCUT2D eigenvalue weighted by atomic mass is 9.84. The fourth-order valence-electron chi connectivity index (χ4n) is 4.89. The average molecular weight is 540 g/mol. The van der Waals surface area contributed by atoms with E-state index < -0.39 is 17.5 Å². The molecule has 5 rings (SSSR count). The summed E-state index contributed by atoms with van der Waals surface area (Å²) >= 11 is 0. The fourth-order valence-corrected chi connectivity index (χ4v) is 4.89. The highest BCUT2D eigenvalue weighted by Gasteiger charge is 2.41. The van der Waals surface area contributed by atoms with Gasteiger partial charge in [-0.3, -0.25) is 9.59 Å². The summed E-state index contributed by atoms with van der Waals surface area (Å²) in [5.41, 5.74) is 2.91. The lowest BCUT2D eigenvalue weighted by Gasteiger charge is -2.34. The van der Waals surface area contributed by atoms with Gasteiger partial charge in [0.05, 0.1) is 24.8 Å². The van der Waals surface area contributed by atoms with Crippen LogP contribution in [-0.4, -0.2) is 59.8 Å². The molecular formula is C28H28F3N5O3. The van der Waals surface area contributed by atoms with Crippen molar-refractivity contribution < 1.29 is 27.5 Å². The highest BCUT2D eigenvalue weighted by atomic mass is 19.4. The second-order valence-electron chi connectivity index (χ2n) is 11.1. The van der Waals surface area contributed by atoms with Crippen LogP contribution in [0.25, 0.3) is 0 Å². The maximum absolute atomic E-state index is 13.6. The van der Waals surface area contributed by atoms with E-state index >= 15 is 0 Å². The summed E-state index contributed by atoms with van der Waals surface area (Å²) in [4.78, 5) is 36.7. The number of pyridine rings is 1. The zero-order valence-corrected chi connectivity index (χ0v) is 21.9. The first-order valence-electron chi connectivity index (χ1n) is 12.8. The summed E-state index contributed by atoms with van der Waals surface area (Å²) < 4.78 is 45.4. The van der Waals surface area contributed by atoms with Gasteiger partial charge in [0.15, 0.2) is 11.6 Å². The summed E-state index contributed by atoms with van der Waals surface area (Å²) in [5, 5.41) is 9.31. The molecule has 1 aromatic carbocycles. The quantitative estimate of drug-likeness (QED) is 0.407. The van der Waals surface area contributed by atoms with E-state index in [0.717, 1.165) is 24.1 Å². The van der Waals surface area contributed by atoms with Gasteiger partial charge >= 0.3 is 12.1 Å². The number of aromatic nitrogens is 1. The lowest BCUT2D eigenvalue weighted by Crippen LogP contribution is -2.35. The van der Waals surface area contributed by atoms with E-state index in [4.69, 9.17) is 4.74 Å². The number of halogens is 3. The molecule has 1 aromatic heterocycles. The third kappa shape index (κ3) is 5.33. The Hall–Kier alpha value is -3.94. The average Bonchev–Trinajstić information content (AvgIpc) is 3.66. The highest BCUT2D eigenvalue weighted by Crippen LogP contribution is 2.42. The number of Topliss-reactive ketones (excluding diaryl/α,β-unsaturated/α-hetero) is 1. The Morgan fingerprint density at radius 2 is 1.92 bits per heavy atom. The number of ether oxygens (including phenoxy) is 1. The van der Waals surface area contributed by atoms with Crippen LogP contribution >= 0.6 is 0 Å². The number of nitriles is 1. The molecule has 39 heavy (non-hydrogen) atoms. The standard InChI is InChI=1S/C28H28F3N5O3/c1-27(2,3)19-12-18(13-21-24(19)39-11-10-35(21)9-8-32)22(37)15-36-14-17-6-7-20(16-4-5-16)33-23(17)25(36)34-26(38)28(29,30)31/h6-7,12-13,16H,4-5,9-11,14-15H2,1-3H3. The van der Waals surface area contributed by atoms with Crippen LogP contribution in [0, 0.1) is 11.3 Å². The summed E-state index contributed by atoms with van der Waals surface area (Å²) in [6.45, 7) is 6.74. The topological polar surface area (TPSA) is 98.9 Å². The van der Waals surface area contributed by atoms with Crippen molar-refractivity contribution in [2.45, 2.75) is 57.7 Å². The van der Waals surface area contributed by atoms with Gasteiger partial charge < -0.3 is 14.5 Å². The van der Waals surface area contributed by atoms with Gasteiger partial charge in [0.2, 0.25) is 0 Å². The highest BCUT2D eigenvalue weighted by molar-refractivity contribution is 6.10. The SMILES string of the molecule is CC(C)(C)c1cc(C(=O)CN2Cc3ccc(C4CC4)nc3C2=NC(=O)C(F)(F)F)cc2c1OCCN2CC#N. The molecule has 2 aliphatic heterocycles. The van der Waals surface area contributed by atoms with Crippen molar-refractivity contribution in [3.05, 3.63) is 52.3 Å². The number of carbonyl (C=O) groups excluding carboxylic acids is 2. The minimum atomic E-state index is -5.15.